The van der Waals surface area contributed by atoms with Gasteiger partial charge in [-0.15, -0.1) is 0 Å². The summed E-state index contributed by atoms with van der Waals surface area (Å²) in [5.41, 5.74) is 1.88. The summed E-state index contributed by atoms with van der Waals surface area (Å²) in [6.45, 7) is 1.88. The van der Waals surface area contributed by atoms with Crippen molar-refractivity contribution in [1.82, 2.24) is 14.4 Å². The molecule has 2 aromatic rings. The van der Waals surface area contributed by atoms with Crippen molar-refractivity contribution in [3.63, 3.8) is 0 Å². The molecule has 1 N–H and O–H groups in total. The monoisotopic (exact) mass is 217 g/mol. The molecular formula is C11H11N3O2. The lowest BCUT2D eigenvalue weighted by atomic mass is 10.2. The number of aromatic carboxylic acids is 1. The summed E-state index contributed by atoms with van der Waals surface area (Å²) in [6, 6.07) is 0. The summed E-state index contributed by atoms with van der Waals surface area (Å²) in [6.07, 6.45) is 5.53. The third kappa shape index (κ3) is 1.28. The number of nitrogens with zero attached hydrogens (tertiary/aromatic N) is 3. The Morgan fingerprint density at radius 2 is 2.31 bits per heavy atom. The number of rotatable bonds is 2. The maximum Gasteiger partial charge on any atom is 0.354 e. The van der Waals surface area contributed by atoms with Gasteiger partial charge in [0.2, 0.25) is 5.78 Å². The maximum atomic E-state index is 11.3. The minimum atomic E-state index is -0.929. The fourth-order valence-corrected chi connectivity index (χ4v) is 1.90. The number of carboxylic acids is 1. The van der Waals surface area contributed by atoms with E-state index in [4.69, 9.17) is 0 Å². The predicted molar refractivity (Wildman–Crippen MR) is 56.7 cm³/mol. The summed E-state index contributed by atoms with van der Waals surface area (Å²) < 4.78 is 1.57. The van der Waals surface area contributed by atoms with Gasteiger partial charge in [-0.2, -0.15) is 0 Å². The van der Waals surface area contributed by atoms with Crippen LogP contribution in [0.15, 0.2) is 12.4 Å². The maximum absolute atomic E-state index is 11.3. The molecule has 0 unspecified atom stereocenters. The lowest BCUT2D eigenvalue weighted by molar-refractivity contribution is 0.0688. The second-order valence-electron chi connectivity index (χ2n) is 4.23. The number of hydrogen-bond acceptors (Lipinski definition) is 3. The van der Waals surface area contributed by atoms with Crippen LogP contribution in [0.5, 0.6) is 0 Å². The average molecular weight is 217 g/mol. The minimum Gasteiger partial charge on any atom is -0.477 e. The molecule has 0 aliphatic heterocycles. The van der Waals surface area contributed by atoms with Crippen LogP contribution in [0.25, 0.3) is 5.78 Å². The number of aromatic nitrogens is 3. The Bertz CT molecular complexity index is 584. The van der Waals surface area contributed by atoms with Crippen molar-refractivity contribution in [2.24, 2.45) is 0 Å². The van der Waals surface area contributed by atoms with E-state index < -0.39 is 5.97 Å². The van der Waals surface area contributed by atoms with Crippen molar-refractivity contribution in [1.29, 1.82) is 0 Å². The first-order valence-corrected chi connectivity index (χ1v) is 5.24. The van der Waals surface area contributed by atoms with E-state index in [1.54, 1.807) is 16.8 Å². The van der Waals surface area contributed by atoms with E-state index in [0.29, 0.717) is 17.4 Å². The van der Waals surface area contributed by atoms with Crippen LogP contribution in [-0.2, 0) is 0 Å². The Balaban J connectivity index is 2.33. The molecule has 2 heterocycles. The largest absolute Gasteiger partial charge is 0.477 e. The normalized spacial score (nSPS) is 15.6. The minimum absolute atomic E-state index is 0.272. The van der Waals surface area contributed by atoms with Gasteiger partial charge in [0, 0.05) is 18.3 Å². The lowest BCUT2D eigenvalue weighted by Gasteiger charge is -1.98. The van der Waals surface area contributed by atoms with Crippen LogP contribution in [0.4, 0.5) is 0 Å². The fourth-order valence-electron chi connectivity index (χ4n) is 1.90. The molecule has 0 bridgehead atoms. The number of imidazole rings is 1. The van der Waals surface area contributed by atoms with Crippen LogP contribution in [0.3, 0.4) is 0 Å². The molecule has 5 heteroatoms. The molecule has 16 heavy (non-hydrogen) atoms. The van der Waals surface area contributed by atoms with Gasteiger partial charge in [-0.3, -0.25) is 4.40 Å². The molecular weight excluding hydrogens is 206 g/mol. The van der Waals surface area contributed by atoms with Gasteiger partial charge in [-0.05, 0) is 25.3 Å². The van der Waals surface area contributed by atoms with Crippen LogP contribution >= 0.6 is 0 Å². The van der Waals surface area contributed by atoms with Crippen LogP contribution < -0.4 is 0 Å². The SMILES string of the molecule is Cc1cnc2nc(C3CC3)c(C(=O)O)n2c1. The molecule has 0 spiro atoms. The van der Waals surface area contributed by atoms with Crippen LogP contribution in [-0.4, -0.2) is 25.4 Å². The van der Waals surface area contributed by atoms with E-state index in [-0.39, 0.29) is 5.69 Å². The lowest BCUT2D eigenvalue weighted by Crippen LogP contribution is -2.05. The molecule has 2 aromatic heterocycles. The Kier molecular flexibility index (Phi) is 1.77. The van der Waals surface area contributed by atoms with Crippen LogP contribution in [0, 0.1) is 6.92 Å². The number of hydrogen-bond donors (Lipinski definition) is 1. The van der Waals surface area contributed by atoms with Crippen LogP contribution in [0.1, 0.15) is 40.5 Å². The zero-order valence-electron chi connectivity index (χ0n) is 8.84. The molecule has 0 saturated heterocycles. The second kappa shape index (κ2) is 3.04. The Morgan fingerprint density at radius 3 is 2.94 bits per heavy atom. The van der Waals surface area contributed by atoms with Gasteiger partial charge in [-0.25, -0.2) is 14.8 Å². The first kappa shape index (κ1) is 9.33. The molecule has 0 amide bonds. The summed E-state index contributed by atoms with van der Waals surface area (Å²) in [5.74, 6) is -0.139. The van der Waals surface area contributed by atoms with Gasteiger partial charge in [0.15, 0.2) is 5.69 Å². The summed E-state index contributed by atoms with van der Waals surface area (Å²) >= 11 is 0. The third-order valence-electron chi connectivity index (χ3n) is 2.80. The summed E-state index contributed by atoms with van der Waals surface area (Å²) in [7, 11) is 0. The second-order valence-corrected chi connectivity index (χ2v) is 4.23. The highest BCUT2D eigenvalue weighted by atomic mass is 16.4. The van der Waals surface area contributed by atoms with E-state index in [1.165, 1.54) is 0 Å². The predicted octanol–water partition coefficient (Wildman–Crippen LogP) is 1.61. The molecule has 3 rings (SSSR count). The molecule has 1 saturated carbocycles. The fraction of sp³-hybridized carbons (Fsp3) is 0.364. The number of carboxylic acid groups (broad SMARTS) is 1. The smallest absolute Gasteiger partial charge is 0.354 e. The van der Waals surface area contributed by atoms with Gasteiger partial charge in [0.25, 0.3) is 0 Å². The number of carbonyl (C=O) groups is 1. The van der Waals surface area contributed by atoms with Crippen LogP contribution in [0.2, 0.25) is 0 Å². The average Bonchev–Trinajstić information content (AvgIpc) is 2.99. The highest BCUT2D eigenvalue weighted by molar-refractivity contribution is 5.88. The van der Waals surface area contributed by atoms with E-state index in [0.717, 1.165) is 18.4 Å². The van der Waals surface area contributed by atoms with Crippen molar-refractivity contribution in [3.05, 3.63) is 29.3 Å². The molecule has 5 nitrogen and oxygen atoms in total. The number of fused-ring (bicyclic) bond motifs is 1. The first-order valence-electron chi connectivity index (χ1n) is 5.24. The number of aryl methyl sites for hydroxylation is 1. The summed E-state index contributed by atoms with van der Waals surface area (Å²) in [4.78, 5) is 19.7. The quantitative estimate of drug-likeness (QED) is 0.829. The van der Waals surface area contributed by atoms with Gasteiger partial charge >= 0.3 is 5.97 Å². The third-order valence-corrected chi connectivity index (χ3v) is 2.80. The topological polar surface area (TPSA) is 67.5 Å². The standard InChI is InChI=1S/C11H11N3O2/c1-6-4-12-11-13-8(7-2-3-7)9(10(15)16)14(11)5-6/h4-5,7H,2-3H2,1H3,(H,15,16). The Labute approximate surface area is 91.8 Å². The summed E-state index contributed by atoms with van der Waals surface area (Å²) in [5, 5.41) is 9.23. The highest BCUT2D eigenvalue weighted by Gasteiger charge is 2.32. The zero-order valence-corrected chi connectivity index (χ0v) is 8.84. The molecule has 1 fully saturated rings. The first-order chi connectivity index (χ1) is 7.66. The van der Waals surface area contributed by atoms with Gasteiger partial charge in [0.1, 0.15) is 0 Å². The molecule has 0 radical (unpaired) electrons. The molecule has 0 atom stereocenters. The Hall–Kier alpha value is -1.91. The highest BCUT2D eigenvalue weighted by Crippen LogP contribution is 2.41. The van der Waals surface area contributed by atoms with Gasteiger partial charge in [-0.1, -0.05) is 0 Å². The van der Waals surface area contributed by atoms with E-state index in [9.17, 15) is 9.90 Å². The Morgan fingerprint density at radius 1 is 1.56 bits per heavy atom. The van der Waals surface area contributed by atoms with Crippen molar-refractivity contribution in [3.8, 4) is 0 Å². The van der Waals surface area contributed by atoms with Crippen molar-refractivity contribution >= 4 is 11.7 Å². The van der Waals surface area contributed by atoms with E-state index in [1.807, 2.05) is 6.92 Å². The van der Waals surface area contributed by atoms with E-state index >= 15 is 0 Å². The van der Waals surface area contributed by atoms with Gasteiger partial charge < -0.3 is 5.11 Å². The molecule has 82 valence electrons. The van der Waals surface area contributed by atoms with Crippen molar-refractivity contribution < 1.29 is 9.90 Å². The van der Waals surface area contributed by atoms with Crippen molar-refractivity contribution in [2.45, 2.75) is 25.7 Å². The molecule has 1 aliphatic rings. The van der Waals surface area contributed by atoms with Gasteiger partial charge in [0.05, 0.1) is 5.69 Å². The van der Waals surface area contributed by atoms with E-state index in [2.05, 4.69) is 9.97 Å². The zero-order chi connectivity index (χ0) is 11.3. The van der Waals surface area contributed by atoms with Crippen molar-refractivity contribution in [2.75, 3.05) is 0 Å². The molecule has 1 aliphatic carbocycles. The molecule has 0 aromatic carbocycles.